The van der Waals surface area contributed by atoms with Gasteiger partial charge in [-0.1, -0.05) is 30.3 Å². The van der Waals surface area contributed by atoms with E-state index in [1.165, 1.54) is 4.90 Å². The van der Waals surface area contributed by atoms with Gasteiger partial charge in [-0.05, 0) is 31.5 Å². The summed E-state index contributed by atoms with van der Waals surface area (Å²) in [5.74, 6) is -1.09. The number of carbonyl (C=O) groups excluding carboxylic acids is 1. The third-order valence-corrected chi connectivity index (χ3v) is 3.91. The maximum absolute atomic E-state index is 12.8. The molecule has 5 heteroatoms. The van der Waals surface area contributed by atoms with Gasteiger partial charge < -0.3 is 15.3 Å². The van der Waals surface area contributed by atoms with Crippen molar-refractivity contribution in [3.05, 3.63) is 35.9 Å². The van der Waals surface area contributed by atoms with Crippen molar-refractivity contribution in [2.45, 2.75) is 18.3 Å². The summed E-state index contributed by atoms with van der Waals surface area (Å²) in [5.41, 5.74) is 0.375. The summed E-state index contributed by atoms with van der Waals surface area (Å²) in [7, 11) is 1.56. The highest BCUT2D eigenvalue weighted by molar-refractivity contribution is 5.90. The van der Waals surface area contributed by atoms with Gasteiger partial charge in [0.05, 0.1) is 5.41 Å². The van der Waals surface area contributed by atoms with Gasteiger partial charge in [0.15, 0.2) is 0 Å². The van der Waals surface area contributed by atoms with Gasteiger partial charge in [-0.3, -0.25) is 9.59 Å². The van der Waals surface area contributed by atoms with Crippen molar-refractivity contribution in [2.75, 3.05) is 26.7 Å². The zero-order valence-corrected chi connectivity index (χ0v) is 11.6. The molecule has 1 aromatic carbocycles. The van der Waals surface area contributed by atoms with Crippen LogP contribution in [-0.4, -0.2) is 48.6 Å². The number of benzene rings is 1. The van der Waals surface area contributed by atoms with E-state index in [1.807, 2.05) is 30.3 Å². The largest absolute Gasteiger partial charge is 0.480 e. The molecule has 1 aromatic rings. The van der Waals surface area contributed by atoms with Crippen LogP contribution in [0.15, 0.2) is 30.3 Å². The summed E-state index contributed by atoms with van der Waals surface area (Å²) in [5, 5.41) is 12.1. The average Bonchev–Trinajstić information content (AvgIpc) is 2.47. The van der Waals surface area contributed by atoms with Crippen LogP contribution in [-0.2, 0) is 15.0 Å². The molecule has 2 N–H and O–H groups in total. The van der Waals surface area contributed by atoms with Crippen LogP contribution in [0.25, 0.3) is 0 Å². The van der Waals surface area contributed by atoms with Crippen LogP contribution in [0.1, 0.15) is 18.4 Å². The monoisotopic (exact) mass is 276 g/mol. The molecule has 5 nitrogen and oxygen atoms in total. The fourth-order valence-corrected chi connectivity index (χ4v) is 2.88. The molecule has 108 valence electrons. The second-order valence-electron chi connectivity index (χ2n) is 5.25. The van der Waals surface area contributed by atoms with E-state index < -0.39 is 11.4 Å². The fourth-order valence-electron chi connectivity index (χ4n) is 2.88. The van der Waals surface area contributed by atoms with Gasteiger partial charge in [-0.25, -0.2) is 0 Å². The van der Waals surface area contributed by atoms with Gasteiger partial charge in [-0.15, -0.1) is 0 Å². The third-order valence-electron chi connectivity index (χ3n) is 3.91. The molecule has 0 radical (unpaired) electrons. The maximum Gasteiger partial charge on any atom is 0.323 e. The molecule has 0 spiro atoms. The number of nitrogens with one attached hydrogen (secondary N) is 1. The van der Waals surface area contributed by atoms with E-state index in [0.717, 1.165) is 18.7 Å². The molecule has 0 atom stereocenters. The number of nitrogens with zero attached hydrogens (tertiary/aromatic N) is 1. The number of likely N-dealkylation sites (N-methyl/N-ethyl adjacent to an activating group) is 1. The summed E-state index contributed by atoms with van der Waals surface area (Å²) in [4.78, 5) is 24.9. The molecule has 1 aliphatic rings. The Morgan fingerprint density at radius 3 is 2.40 bits per heavy atom. The second kappa shape index (κ2) is 6.05. The van der Waals surface area contributed by atoms with E-state index >= 15 is 0 Å². The highest BCUT2D eigenvalue weighted by atomic mass is 16.4. The van der Waals surface area contributed by atoms with Crippen molar-refractivity contribution in [1.82, 2.24) is 10.2 Å². The quantitative estimate of drug-likeness (QED) is 0.855. The average molecular weight is 276 g/mol. The molecule has 0 unspecified atom stereocenters. The van der Waals surface area contributed by atoms with Gasteiger partial charge in [0.1, 0.15) is 6.54 Å². The molecule has 0 bridgehead atoms. The topological polar surface area (TPSA) is 69.6 Å². The first kappa shape index (κ1) is 14.5. The molecule has 0 aliphatic carbocycles. The van der Waals surface area contributed by atoms with Crippen molar-refractivity contribution in [3.8, 4) is 0 Å². The lowest BCUT2D eigenvalue weighted by Gasteiger charge is -2.39. The number of carboxylic acids is 1. The van der Waals surface area contributed by atoms with Gasteiger partial charge in [0.2, 0.25) is 5.91 Å². The fraction of sp³-hybridized carbons (Fsp3) is 0.467. The lowest BCUT2D eigenvalue weighted by Crippen LogP contribution is -2.52. The number of carboxylic acid groups (broad SMARTS) is 1. The molecular weight excluding hydrogens is 256 g/mol. The van der Waals surface area contributed by atoms with E-state index in [4.69, 9.17) is 5.11 Å². The van der Waals surface area contributed by atoms with E-state index in [2.05, 4.69) is 5.32 Å². The van der Waals surface area contributed by atoms with E-state index in [0.29, 0.717) is 12.8 Å². The first-order valence-electron chi connectivity index (χ1n) is 6.80. The molecular formula is C15H20N2O3. The Balaban J connectivity index is 2.32. The Bertz CT molecular complexity index is 481. The highest BCUT2D eigenvalue weighted by Gasteiger charge is 2.42. The van der Waals surface area contributed by atoms with Crippen molar-refractivity contribution >= 4 is 11.9 Å². The number of piperidine rings is 1. The first-order chi connectivity index (χ1) is 9.56. The number of hydrogen-bond acceptors (Lipinski definition) is 3. The van der Waals surface area contributed by atoms with Crippen molar-refractivity contribution in [3.63, 3.8) is 0 Å². The standard InChI is InChI=1S/C15H20N2O3/c1-17(11-13(18)19)14(20)15(7-9-16-10-8-15)12-5-3-2-4-6-12/h2-6,16H,7-11H2,1H3,(H,18,19). The van der Waals surface area contributed by atoms with Crippen LogP contribution in [0.2, 0.25) is 0 Å². The summed E-state index contributed by atoms with van der Waals surface area (Å²) < 4.78 is 0. The Kier molecular flexibility index (Phi) is 4.39. The normalized spacial score (nSPS) is 17.4. The second-order valence-corrected chi connectivity index (χ2v) is 5.25. The molecule has 1 aliphatic heterocycles. The minimum atomic E-state index is -0.988. The Morgan fingerprint density at radius 2 is 1.85 bits per heavy atom. The van der Waals surface area contributed by atoms with Crippen LogP contribution in [0.4, 0.5) is 0 Å². The Labute approximate surface area is 118 Å². The van der Waals surface area contributed by atoms with E-state index in [-0.39, 0.29) is 12.5 Å². The summed E-state index contributed by atoms with van der Waals surface area (Å²) in [6, 6.07) is 9.67. The first-order valence-corrected chi connectivity index (χ1v) is 6.80. The molecule has 0 saturated carbocycles. The van der Waals surface area contributed by atoms with E-state index in [1.54, 1.807) is 7.05 Å². The van der Waals surface area contributed by atoms with Gasteiger partial charge >= 0.3 is 5.97 Å². The summed E-state index contributed by atoms with van der Waals surface area (Å²) in [6.07, 6.45) is 1.39. The van der Waals surface area contributed by atoms with Gasteiger partial charge in [0, 0.05) is 7.05 Å². The predicted molar refractivity (Wildman–Crippen MR) is 75.5 cm³/mol. The van der Waals surface area contributed by atoms with Crippen molar-refractivity contribution in [1.29, 1.82) is 0 Å². The maximum atomic E-state index is 12.8. The van der Waals surface area contributed by atoms with Crippen LogP contribution in [0.3, 0.4) is 0 Å². The lowest BCUT2D eigenvalue weighted by atomic mass is 9.72. The molecule has 1 fully saturated rings. The number of rotatable bonds is 4. The SMILES string of the molecule is CN(CC(=O)O)C(=O)C1(c2ccccc2)CCNCC1. The van der Waals surface area contributed by atoms with Gasteiger partial charge in [0.25, 0.3) is 0 Å². The highest BCUT2D eigenvalue weighted by Crippen LogP contribution is 2.35. The minimum absolute atomic E-state index is 0.104. The zero-order chi connectivity index (χ0) is 14.6. The van der Waals surface area contributed by atoms with Crippen molar-refractivity contribution < 1.29 is 14.7 Å². The number of hydrogen-bond donors (Lipinski definition) is 2. The zero-order valence-electron chi connectivity index (χ0n) is 11.6. The van der Waals surface area contributed by atoms with Crippen LogP contribution in [0.5, 0.6) is 0 Å². The summed E-state index contributed by atoms with van der Waals surface area (Å²) in [6.45, 7) is 1.27. The molecule has 1 saturated heterocycles. The molecule has 1 heterocycles. The molecule has 2 rings (SSSR count). The molecule has 1 amide bonds. The number of carbonyl (C=O) groups is 2. The van der Waals surface area contributed by atoms with Gasteiger partial charge in [-0.2, -0.15) is 0 Å². The summed E-state index contributed by atoms with van der Waals surface area (Å²) >= 11 is 0. The number of aliphatic carboxylic acids is 1. The predicted octanol–water partition coefficient (Wildman–Crippen LogP) is 0.851. The Morgan fingerprint density at radius 1 is 1.25 bits per heavy atom. The van der Waals surface area contributed by atoms with Crippen molar-refractivity contribution in [2.24, 2.45) is 0 Å². The number of amides is 1. The Hall–Kier alpha value is -1.88. The van der Waals surface area contributed by atoms with Crippen LogP contribution < -0.4 is 5.32 Å². The minimum Gasteiger partial charge on any atom is -0.480 e. The molecule has 0 aromatic heterocycles. The van der Waals surface area contributed by atoms with Crippen LogP contribution in [0, 0.1) is 0 Å². The van der Waals surface area contributed by atoms with E-state index in [9.17, 15) is 9.59 Å². The third kappa shape index (κ3) is 2.82. The van der Waals surface area contributed by atoms with Crippen LogP contribution >= 0.6 is 0 Å². The lowest BCUT2D eigenvalue weighted by molar-refractivity contribution is -0.146. The smallest absolute Gasteiger partial charge is 0.323 e. The molecule has 20 heavy (non-hydrogen) atoms.